The monoisotopic (exact) mass is 218 g/mol. The summed E-state index contributed by atoms with van der Waals surface area (Å²) < 4.78 is 0. The zero-order chi connectivity index (χ0) is 11.5. The summed E-state index contributed by atoms with van der Waals surface area (Å²) in [5.41, 5.74) is 1.31. The molecule has 2 unspecified atom stereocenters. The molecule has 0 bridgehead atoms. The Balaban J connectivity index is 2.28. The molecule has 16 heavy (non-hydrogen) atoms. The van der Waals surface area contributed by atoms with Gasteiger partial charge in [-0.3, -0.25) is 0 Å². The number of hydrogen-bond donors (Lipinski definition) is 0. The van der Waals surface area contributed by atoms with Gasteiger partial charge in [-0.05, 0) is 50.3 Å². The summed E-state index contributed by atoms with van der Waals surface area (Å²) in [6.45, 7) is 6.71. The van der Waals surface area contributed by atoms with Crippen molar-refractivity contribution in [3.63, 3.8) is 0 Å². The predicted octanol–water partition coefficient (Wildman–Crippen LogP) is 3.55. The molecular formula is C14H22N2. The largest absolute Gasteiger partial charge is 0.351 e. The van der Waals surface area contributed by atoms with E-state index in [4.69, 9.17) is 0 Å². The molecule has 0 radical (unpaired) electrons. The molecule has 1 aromatic rings. The van der Waals surface area contributed by atoms with Crippen molar-refractivity contribution in [1.82, 2.24) is 4.98 Å². The minimum absolute atomic E-state index is 0.694. The fourth-order valence-electron chi connectivity index (χ4n) is 2.80. The van der Waals surface area contributed by atoms with E-state index in [1.165, 1.54) is 37.1 Å². The van der Waals surface area contributed by atoms with Gasteiger partial charge in [0.05, 0.1) is 0 Å². The lowest BCUT2D eigenvalue weighted by Crippen LogP contribution is -2.36. The summed E-state index contributed by atoms with van der Waals surface area (Å²) in [5, 5.41) is 0. The Morgan fingerprint density at radius 2 is 1.88 bits per heavy atom. The highest BCUT2D eigenvalue weighted by Gasteiger charge is 2.31. The van der Waals surface area contributed by atoms with Crippen LogP contribution in [0.15, 0.2) is 18.3 Å². The number of pyridine rings is 1. The molecule has 0 spiro atoms. The van der Waals surface area contributed by atoms with Crippen LogP contribution in [-0.4, -0.2) is 17.1 Å². The molecule has 1 aliphatic heterocycles. The van der Waals surface area contributed by atoms with Crippen molar-refractivity contribution in [3.8, 4) is 0 Å². The van der Waals surface area contributed by atoms with Crippen LogP contribution in [0, 0.1) is 6.92 Å². The van der Waals surface area contributed by atoms with Crippen LogP contribution in [-0.2, 0) is 0 Å². The number of nitrogens with zero attached hydrogens (tertiary/aromatic N) is 2. The normalized spacial score (nSPS) is 25.1. The third kappa shape index (κ3) is 2.06. The topological polar surface area (TPSA) is 16.1 Å². The second kappa shape index (κ2) is 4.86. The number of aromatic nitrogens is 1. The molecule has 0 amide bonds. The van der Waals surface area contributed by atoms with Crippen LogP contribution in [0.5, 0.6) is 0 Å². The first-order valence-electron chi connectivity index (χ1n) is 6.47. The number of anilines is 1. The van der Waals surface area contributed by atoms with Crippen molar-refractivity contribution >= 4 is 5.82 Å². The van der Waals surface area contributed by atoms with Crippen molar-refractivity contribution in [2.45, 2.75) is 58.5 Å². The number of hydrogen-bond acceptors (Lipinski definition) is 2. The fraction of sp³-hybridized carbons (Fsp3) is 0.643. The van der Waals surface area contributed by atoms with Gasteiger partial charge in [0.15, 0.2) is 0 Å². The minimum Gasteiger partial charge on any atom is -0.351 e. The lowest BCUT2D eigenvalue weighted by Gasteiger charge is -2.30. The first kappa shape index (κ1) is 11.4. The molecule has 1 fully saturated rings. The SMILES string of the molecule is CCC1CCC(CC)N1c1cc(C)ccn1. The van der Waals surface area contributed by atoms with Crippen LogP contribution in [0.3, 0.4) is 0 Å². The Morgan fingerprint density at radius 3 is 2.38 bits per heavy atom. The molecule has 2 heteroatoms. The lowest BCUT2D eigenvalue weighted by molar-refractivity contribution is 0.592. The van der Waals surface area contributed by atoms with Gasteiger partial charge in [0, 0.05) is 18.3 Å². The molecule has 88 valence electrons. The average Bonchev–Trinajstić information content (AvgIpc) is 2.71. The molecule has 2 nitrogen and oxygen atoms in total. The first-order chi connectivity index (χ1) is 7.76. The summed E-state index contributed by atoms with van der Waals surface area (Å²) >= 11 is 0. The van der Waals surface area contributed by atoms with E-state index >= 15 is 0 Å². The predicted molar refractivity (Wildman–Crippen MR) is 68.8 cm³/mol. The molecule has 1 aliphatic rings. The van der Waals surface area contributed by atoms with Crippen LogP contribution >= 0.6 is 0 Å². The maximum absolute atomic E-state index is 4.54. The molecule has 2 rings (SSSR count). The highest BCUT2D eigenvalue weighted by molar-refractivity contribution is 5.44. The van der Waals surface area contributed by atoms with E-state index in [0.717, 1.165) is 0 Å². The number of rotatable bonds is 3. The van der Waals surface area contributed by atoms with Gasteiger partial charge in [0.2, 0.25) is 0 Å². The first-order valence-corrected chi connectivity index (χ1v) is 6.47. The summed E-state index contributed by atoms with van der Waals surface area (Å²) in [6.07, 6.45) is 7.04. The summed E-state index contributed by atoms with van der Waals surface area (Å²) in [4.78, 5) is 7.09. The van der Waals surface area contributed by atoms with Crippen molar-refractivity contribution in [2.75, 3.05) is 4.90 Å². The van der Waals surface area contributed by atoms with Gasteiger partial charge < -0.3 is 4.90 Å². The maximum atomic E-state index is 4.54. The van der Waals surface area contributed by atoms with E-state index < -0.39 is 0 Å². The minimum atomic E-state index is 0.694. The van der Waals surface area contributed by atoms with E-state index in [1.807, 2.05) is 6.20 Å². The van der Waals surface area contributed by atoms with Crippen LogP contribution in [0.25, 0.3) is 0 Å². The van der Waals surface area contributed by atoms with Gasteiger partial charge in [-0.1, -0.05) is 13.8 Å². The van der Waals surface area contributed by atoms with Crippen molar-refractivity contribution < 1.29 is 0 Å². The van der Waals surface area contributed by atoms with Gasteiger partial charge in [-0.2, -0.15) is 0 Å². The van der Waals surface area contributed by atoms with Gasteiger partial charge in [-0.25, -0.2) is 4.98 Å². The van der Waals surface area contributed by atoms with E-state index in [1.54, 1.807) is 0 Å². The van der Waals surface area contributed by atoms with Crippen molar-refractivity contribution in [1.29, 1.82) is 0 Å². The zero-order valence-corrected chi connectivity index (χ0v) is 10.6. The Bertz CT molecular complexity index is 336. The molecule has 1 aromatic heterocycles. The van der Waals surface area contributed by atoms with Crippen LogP contribution in [0.1, 0.15) is 45.1 Å². The number of aryl methyl sites for hydroxylation is 1. The highest BCUT2D eigenvalue weighted by atomic mass is 15.3. The lowest BCUT2D eigenvalue weighted by atomic mass is 10.1. The summed E-state index contributed by atoms with van der Waals surface area (Å²) in [7, 11) is 0. The molecule has 0 aliphatic carbocycles. The van der Waals surface area contributed by atoms with Crippen LogP contribution in [0.2, 0.25) is 0 Å². The van der Waals surface area contributed by atoms with Crippen LogP contribution in [0.4, 0.5) is 5.82 Å². The second-order valence-electron chi connectivity index (χ2n) is 4.80. The third-order valence-electron chi connectivity index (χ3n) is 3.73. The summed E-state index contributed by atoms with van der Waals surface area (Å²) in [5.74, 6) is 1.18. The van der Waals surface area contributed by atoms with E-state index in [9.17, 15) is 0 Å². The molecule has 0 saturated carbocycles. The van der Waals surface area contributed by atoms with Gasteiger partial charge >= 0.3 is 0 Å². The zero-order valence-electron chi connectivity index (χ0n) is 10.6. The van der Waals surface area contributed by atoms with E-state index in [-0.39, 0.29) is 0 Å². The highest BCUT2D eigenvalue weighted by Crippen LogP contribution is 2.32. The van der Waals surface area contributed by atoms with E-state index in [0.29, 0.717) is 12.1 Å². The van der Waals surface area contributed by atoms with Crippen LogP contribution < -0.4 is 4.90 Å². The van der Waals surface area contributed by atoms with Crippen molar-refractivity contribution in [2.24, 2.45) is 0 Å². The maximum Gasteiger partial charge on any atom is 0.129 e. The molecule has 1 saturated heterocycles. The Morgan fingerprint density at radius 1 is 1.25 bits per heavy atom. The molecule has 0 aromatic carbocycles. The quantitative estimate of drug-likeness (QED) is 0.771. The Hall–Kier alpha value is -1.05. The fourth-order valence-corrected chi connectivity index (χ4v) is 2.80. The van der Waals surface area contributed by atoms with Gasteiger partial charge in [0.25, 0.3) is 0 Å². The van der Waals surface area contributed by atoms with Gasteiger partial charge in [-0.15, -0.1) is 0 Å². The van der Waals surface area contributed by atoms with Gasteiger partial charge in [0.1, 0.15) is 5.82 Å². The van der Waals surface area contributed by atoms with Crippen molar-refractivity contribution in [3.05, 3.63) is 23.9 Å². The smallest absolute Gasteiger partial charge is 0.129 e. The summed E-state index contributed by atoms with van der Waals surface area (Å²) in [6, 6.07) is 5.68. The second-order valence-corrected chi connectivity index (χ2v) is 4.80. The molecule has 2 atom stereocenters. The molecular weight excluding hydrogens is 196 g/mol. The third-order valence-corrected chi connectivity index (χ3v) is 3.73. The molecule has 0 N–H and O–H groups in total. The standard InChI is InChI=1S/C14H22N2/c1-4-12-6-7-13(5-2)16(12)14-10-11(3)8-9-15-14/h8-10,12-13H,4-7H2,1-3H3. The molecule has 2 heterocycles. The Kier molecular flexibility index (Phi) is 3.47. The Labute approximate surface area is 98.7 Å². The van der Waals surface area contributed by atoms with E-state index in [2.05, 4.69) is 42.8 Å². The average molecular weight is 218 g/mol.